The number of alkyl halides is 6. The van der Waals surface area contributed by atoms with Gasteiger partial charge in [0.15, 0.2) is 5.65 Å². The predicted molar refractivity (Wildman–Crippen MR) is 118 cm³/mol. The van der Waals surface area contributed by atoms with E-state index < -0.39 is 47.1 Å². The Hall–Kier alpha value is -4.16. The molecule has 0 bridgehead atoms. The molecule has 2 aromatic heterocycles. The second-order valence-corrected chi connectivity index (χ2v) is 7.97. The topological polar surface area (TPSA) is 81.8 Å². The zero-order valence-electron chi connectivity index (χ0n) is 18.5. The lowest BCUT2D eigenvalue weighted by Crippen LogP contribution is -2.24. The van der Waals surface area contributed by atoms with Crippen molar-refractivity contribution in [3.05, 3.63) is 82.0 Å². The molecule has 2 aromatic carbocycles. The average Bonchev–Trinajstić information content (AvgIpc) is 3.23. The summed E-state index contributed by atoms with van der Waals surface area (Å²) in [7, 11) is 0. The molecule has 0 saturated carbocycles. The van der Waals surface area contributed by atoms with Crippen molar-refractivity contribution in [1.29, 1.82) is 0 Å². The maximum absolute atomic E-state index is 13.0. The number of rotatable bonds is 5. The minimum atomic E-state index is -5.04. The monoisotopic (exact) mass is 509 g/mol. The highest BCUT2D eigenvalue weighted by Crippen LogP contribution is 2.37. The number of hydrogen-bond donors (Lipinski definition) is 1. The Kier molecular flexibility index (Phi) is 6.33. The van der Waals surface area contributed by atoms with Gasteiger partial charge in [-0.1, -0.05) is 17.7 Å². The summed E-state index contributed by atoms with van der Waals surface area (Å²) in [5.41, 5.74) is -2.28. The molecular weight excluding hydrogens is 492 g/mol. The molecule has 0 spiro atoms. The Labute approximate surface area is 199 Å². The van der Waals surface area contributed by atoms with E-state index in [9.17, 15) is 35.9 Å². The van der Waals surface area contributed by atoms with Crippen molar-refractivity contribution < 1.29 is 31.1 Å². The number of nitrogens with zero attached hydrogens (tertiary/aromatic N) is 4. The molecule has 4 rings (SSSR count). The number of hydrogen-bond acceptors (Lipinski definition) is 4. The van der Waals surface area contributed by atoms with Crippen LogP contribution in [0, 0.1) is 6.92 Å². The molecule has 0 unspecified atom stereocenters. The smallest absolute Gasteiger partial charge is 0.326 e. The van der Waals surface area contributed by atoms with E-state index in [1.807, 2.05) is 24.4 Å². The van der Waals surface area contributed by atoms with Crippen molar-refractivity contribution >= 4 is 22.6 Å². The first-order chi connectivity index (χ1) is 16.8. The van der Waals surface area contributed by atoms with Gasteiger partial charge in [0.25, 0.3) is 5.56 Å². The largest absolute Gasteiger partial charge is 0.416 e. The van der Waals surface area contributed by atoms with Gasteiger partial charge in [-0.25, -0.2) is 9.67 Å². The molecule has 36 heavy (non-hydrogen) atoms. The van der Waals surface area contributed by atoms with Crippen molar-refractivity contribution in [3.8, 4) is 5.69 Å². The fraction of sp³-hybridized carbons (Fsp3) is 0.217. The van der Waals surface area contributed by atoms with Gasteiger partial charge in [0.05, 0.1) is 29.3 Å². The van der Waals surface area contributed by atoms with Gasteiger partial charge in [0.2, 0.25) is 5.91 Å². The normalized spacial score (nSPS) is 12.2. The summed E-state index contributed by atoms with van der Waals surface area (Å²) in [6.07, 6.45) is -7.98. The minimum Gasteiger partial charge on any atom is -0.326 e. The van der Waals surface area contributed by atoms with E-state index in [1.54, 1.807) is 12.1 Å². The van der Waals surface area contributed by atoms with Crippen LogP contribution >= 0.6 is 0 Å². The number of benzene rings is 2. The third kappa shape index (κ3) is 5.24. The lowest BCUT2D eigenvalue weighted by Gasteiger charge is -2.15. The molecule has 0 saturated heterocycles. The number of halogens is 6. The maximum atomic E-state index is 13.0. The van der Waals surface area contributed by atoms with Crippen LogP contribution in [0.4, 0.5) is 32.0 Å². The summed E-state index contributed by atoms with van der Waals surface area (Å²) in [6, 6.07) is 8.12. The fourth-order valence-electron chi connectivity index (χ4n) is 3.46. The van der Waals surface area contributed by atoms with Crippen LogP contribution in [0.3, 0.4) is 0 Å². The Balaban J connectivity index is 1.52. The molecule has 4 aromatic rings. The number of fused-ring (bicyclic) bond motifs is 1. The van der Waals surface area contributed by atoms with Crippen molar-refractivity contribution in [2.45, 2.75) is 32.2 Å². The average molecular weight is 509 g/mol. The van der Waals surface area contributed by atoms with Crippen LogP contribution in [0.5, 0.6) is 0 Å². The molecule has 7 nitrogen and oxygen atoms in total. The molecule has 0 aliphatic carbocycles. The number of aromatic nitrogens is 4. The molecule has 1 N–H and O–H groups in total. The number of carbonyl (C=O) groups is 1. The summed E-state index contributed by atoms with van der Waals surface area (Å²) >= 11 is 0. The van der Waals surface area contributed by atoms with E-state index in [-0.39, 0.29) is 23.6 Å². The Bertz CT molecular complexity index is 1450. The summed E-state index contributed by atoms with van der Waals surface area (Å²) in [6.45, 7) is 1.70. The van der Waals surface area contributed by atoms with Crippen LogP contribution in [0.2, 0.25) is 0 Å². The molecule has 0 fully saturated rings. The molecule has 13 heteroatoms. The molecule has 0 aliphatic heterocycles. The number of nitrogens with one attached hydrogen (secondary N) is 1. The number of amides is 1. The third-order valence-electron chi connectivity index (χ3n) is 5.28. The summed E-state index contributed by atoms with van der Waals surface area (Å²) in [5.74, 6) is -0.884. The molecule has 188 valence electrons. The van der Waals surface area contributed by atoms with Crippen LogP contribution < -0.4 is 10.9 Å². The standard InChI is InChI=1S/C23H17F6N5O2/c1-13-2-4-17(5-3-13)34-20-18(11-31-34)21(36)33(12-30-20)7-6-19(35)32-16-9-14(22(24,25)26)8-15(10-16)23(27,28)29/h2-5,8-12H,6-7H2,1H3,(H,32,35). The molecule has 0 radical (unpaired) electrons. The van der Waals surface area contributed by atoms with Crippen LogP contribution in [-0.4, -0.2) is 25.2 Å². The van der Waals surface area contributed by atoms with E-state index in [4.69, 9.17) is 0 Å². The van der Waals surface area contributed by atoms with Gasteiger partial charge < -0.3 is 5.32 Å². The van der Waals surface area contributed by atoms with Crippen molar-refractivity contribution in [1.82, 2.24) is 19.3 Å². The van der Waals surface area contributed by atoms with E-state index in [1.165, 1.54) is 17.2 Å². The van der Waals surface area contributed by atoms with Crippen LogP contribution in [0.15, 0.2) is 59.8 Å². The zero-order chi connectivity index (χ0) is 26.3. The van der Waals surface area contributed by atoms with Gasteiger partial charge in [-0.05, 0) is 37.3 Å². The Morgan fingerprint density at radius 1 is 0.972 bits per heavy atom. The summed E-state index contributed by atoms with van der Waals surface area (Å²) < 4.78 is 80.6. The highest BCUT2D eigenvalue weighted by molar-refractivity contribution is 5.91. The maximum Gasteiger partial charge on any atom is 0.416 e. The first-order valence-electron chi connectivity index (χ1n) is 10.4. The van der Waals surface area contributed by atoms with Crippen molar-refractivity contribution in [2.75, 3.05) is 5.32 Å². The molecule has 0 atom stereocenters. The van der Waals surface area contributed by atoms with Crippen LogP contribution in [0.25, 0.3) is 16.7 Å². The third-order valence-corrected chi connectivity index (χ3v) is 5.28. The van der Waals surface area contributed by atoms with Crippen LogP contribution in [0.1, 0.15) is 23.1 Å². The van der Waals surface area contributed by atoms with E-state index in [0.717, 1.165) is 10.1 Å². The first kappa shape index (κ1) is 24.9. The Morgan fingerprint density at radius 2 is 1.58 bits per heavy atom. The van der Waals surface area contributed by atoms with Gasteiger partial charge in [0.1, 0.15) is 5.39 Å². The highest BCUT2D eigenvalue weighted by atomic mass is 19.4. The fourth-order valence-corrected chi connectivity index (χ4v) is 3.46. The Morgan fingerprint density at radius 3 is 2.17 bits per heavy atom. The van der Waals surface area contributed by atoms with Crippen molar-refractivity contribution in [3.63, 3.8) is 0 Å². The van der Waals surface area contributed by atoms with Gasteiger partial charge in [0, 0.05) is 18.7 Å². The molecular formula is C23H17F6N5O2. The lowest BCUT2D eigenvalue weighted by atomic mass is 10.1. The molecule has 2 heterocycles. The van der Waals surface area contributed by atoms with E-state index in [2.05, 4.69) is 10.1 Å². The van der Waals surface area contributed by atoms with Crippen molar-refractivity contribution in [2.24, 2.45) is 0 Å². The highest BCUT2D eigenvalue weighted by Gasteiger charge is 2.37. The quantitative estimate of drug-likeness (QED) is 0.386. The summed E-state index contributed by atoms with van der Waals surface area (Å²) in [4.78, 5) is 29.3. The second kappa shape index (κ2) is 9.13. The van der Waals surface area contributed by atoms with Crippen LogP contribution in [-0.2, 0) is 23.7 Å². The lowest BCUT2D eigenvalue weighted by molar-refractivity contribution is -0.143. The zero-order valence-corrected chi connectivity index (χ0v) is 18.5. The van der Waals surface area contributed by atoms with Gasteiger partial charge in [-0.2, -0.15) is 31.4 Å². The number of anilines is 1. The number of carbonyl (C=O) groups excluding carboxylic acids is 1. The first-order valence-corrected chi connectivity index (χ1v) is 10.4. The van der Waals surface area contributed by atoms with E-state index in [0.29, 0.717) is 17.8 Å². The van der Waals surface area contributed by atoms with E-state index >= 15 is 0 Å². The summed E-state index contributed by atoms with van der Waals surface area (Å²) in [5, 5.41) is 6.39. The number of aryl methyl sites for hydroxylation is 2. The molecule has 0 aliphatic rings. The predicted octanol–water partition coefficient (Wildman–Crippen LogP) is 4.96. The SMILES string of the molecule is Cc1ccc(-n2ncc3c(=O)n(CCC(=O)Nc4cc(C(F)(F)F)cc(C(F)(F)F)c4)cnc32)cc1. The van der Waals surface area contributed by atoms with Gasteiger partial charge in [-0.3, -0.25) is 14.2 Å². The van der Waals surface area contributed by atoms with Gasteiger partial charge >= 0.3 is 12.4 Å². The minimum absolute atomic E-state index is 0.0348. The van der Waals surface area contributed by atoms with Gasteiger partial charge in [-0.15, -0.1) is 0 Å². The second-order valence-electron chi connectivity index (χ2n) is 7.97. The molecule has 1 amide bonds.